The third-order valence-corrected chi connectivity index (χ3v) is 2.87. The third kappa shape index (κ3) is 2.87. The van der Waals surface area contributed by atoms with Crippen LogP contribution in [0.1, 0.15) is 55.6 Å². The number of methoxy groups -OCH3 is 1. The second kappa shape index (κ2) is 4.91. The number of Topliss-reactive ketones (excluding diaryl/α,β-unsaturated/α-hetero) is 1. The number of carbonyl (C=O) groups is 1. The summed E-state index contributed by atoms with van der Waals surface area (Å²) in [7, 11) is 1.63. The van der Waals surface area contributed by atoms with Crippen LogP contribution in [-0.2, 0) is 5.41 Å². The van der Waals surface area contributed by atoms with Crippen molar-refractivity contribution in [2.45, 2.75) is 46.5 Å². The summed E-state index contributed by atoms with van der Waals surface area (Å²) in [6, 6.07) is 4.02. The van der Waals surface area contributed by atoms with Crippen molar-refractivity contribution in [3.8, 4) is 5.75 Å². The van der Waals surface area contributed by atoms with Gasteiger partial charge in [-0.05, 0) is 24.0 Å². The highest BCUT2D eigenvalue weighted by Crippen LogP contribution is 2.35. The summed E-state index contributed by atoms with van der Waals surface area (Å²) in [5.41, 5.74) is 2.88. The molecule has 0 aromatic heterocycles. The highest BCUT2D eigenvalue weighted by atomic mass is 16.5. The molecule has 0 radical (unpaired) electrons. The Morgan fingerprint density at radius 2 is 1.88 bits per heavy atom. The van der Waals surface area contributed by atoms with Gasteiger partial charge in [0, 0.05) is 12.0 Å². The lowest BCUT2D eigenvalue weighted by molar-refractivity contribution is 0.0985. The van der Waals surface area contributed by atoms with Crippen molar-refractivity contribution in [1.82, 2.24) is 0 Å². The molecule has 0 spiro atoms. The van der Waals surface area contributed by atoms with Crippen LogP contribution in [-0.4, -0.2) is 12.9 Å². The molecule has 0 amide bonds. The smallest absolute Gasteiger partial charge is 0.166 e. The molecule has 0 N–H and O–H groups in total. The first-order chi connectivity index (χ1) is 7.81. The molecular weight excluding hydrogens is 212 g/mol. The number of hydrogen-bond donors (Lipinski definition) is 0. The van der Waals surface area contributed by atoms with Gasteiger partial charge in [0.15, 0.2) is 5.78 Å². The number of aryl methyl sites for hydroxylation is 1. The van der Waals surface area contributed by atoms with Crippen molar-refractivity contribution >= 4 is 5.78 Å². The number of ketones is 1. The number of benzene rings is 1. The fraction of sp³-hybridized carbons (Fsp3) is 0.533. The van der Waals surface area contributed by atoms with Gasteiger partial charge in [0.1, 0.15) is 5.75 Å². The lowest BCUT2D eigenvalue weighted by Gasteiger charge is -2.24. The van der Waals surface area contributed by atoms with Gasteiger partial charge >= 0.3 is 0 Å². The molecule has 0 aliphatic carbocycles. The number of ether oxygens (including phenoxy) is 1. The van der Waals surface area contributed by atoms with Crippen LogP contribution in [0.15, 0.2) is 12.1 Å². The monoisotopic (exact) mass is 234 g/mol. The average molecular weight is 234 g/mol. The van der Waals surface area contributed by atoms with Crippen LogP contribution in [0, 0.1) is 6.92 Å². The van der Waals surface area contributed by atoms with Crippen molar-refractivity contribution in [2.75, 3.05) is 7.11 Å². The van der Waals surface area contributed by atoms with Crippen LogP contribution in [0.2, 0.25) is 0 Å². The molecule has 94 valence electrons. The maximum atomic E-state index is 11.9. The maximum absolute atomic E-state index is 11.9. The minimum atomic E-state index is -0.0276. The lowest BCUT2D eigenvalue weighted by Crippen LogP contribution is -2.15. The molecule has 2 heteroatoms. The number of hydrogen-bond acceptors (Lipinski definition) is 2. The van der Waals surface area contributed by atoms with Crippen molar-refractivity contribution in [2.24, 2.45) is 0 Å². The van der Waals surface area contributed by atoms with Crippen molar-refractivity contribution in [3.63, 3.8) is 0 Å². The van der Waals surface area contributed by atoms with Gasteiger partial charge in [0.25, 0.3) is 0 Å². The van der Waals surface area contributed by atoms with Crippen molar-refractivity contribution in [3.05, 3.63) is 28.8 Å². The van der Waals surface area contributed by atoms with Crippen LogP contribution < -0.4 is 4.74 Å². The van der Waals surface area contributed by atoms with Gasteiger partial charge in [-0.25, -0.2) is 0 Å². The molecule has 0 saturated carbocycles. The Morgan fingerprint density at radius 1 is 1.29 bits per heavy atom. The molecule has 1 aromatic rings. The summed E-state index contributed by atoms with van der Waals surface area (Å²) >= 11 is 0. The van der Waals surface area contributed by atoms with Gasteiger partial charge in [-0.1, -0.05) is 33.8 Å². The quantitative estimate of drug-likeness (QED) is 0.741. The molecule has 0 saturated heterocycles. The molecule has 0 fully saturated rings. The molecule has 0 aliphatic rings. The molecule has 0 heterocycles. The number of carbonyl (C=O) groups excluding carboxylic acids is 1. The van der Waals surface area contributed by atoms with E-state index in [1.54, 1.807) is 7.11 Å². The summed E-state index contributed by atoms with van der Waals surface area (Å²) in [6.07, 6.45) is 0.503. The molecule has 1 aromatic carbocycles. The van der Waals surface area contributed by atoms with Crippen molar-refractivity contribution in [1.29, 1.82) is 0 Å². The van der Waals surface area contributed by atoms with E-state index in [0.29, 0.717) is 12.0 Å². The molecule has 0 bridgehead atoms. The normalized spacial score (nSPS) is 11.4. The number of rotatable bonds is 3. The first kappa shape index (κ1) is 13.8. The molecule has 2 nitrogen and oxygen atoms in total. The van der Waals surface area contributed by atoms with Crippen molar-refractivity contribution < 1.29 is 9.53 Å². The van der Waals surface area contributed by atoms with Gasteiger partial charge in [-0.15, -0.1) is 0 Å². The van der Waals surface area contributed by atoms with Gasteiger partial charge in [-0.3, -0.25) is 4.79 Å². The zero-order valence-electron chi connectivity index (χ0n) is 11.7. The van der Waals surface area contributed by atoms with E-state index < -0.39 is 0 Å². The Labute approximate surface area is 104 Å². The van der Waals surface area contributed by atoms with Crippen LogP contribution >= 0.6 is 0 Å². The summed E-state index contributed by atoms with van der Waals surface area (Å²) in [6.45, 7) is 10.3. The van der Waals surface area contributed by atoms with E-state index in [9.17, 15) is 4.79 Å². The summed E-state index contributed by atoms with van der Waals surface area (Å²) in [4.78, 5) is 11.9. The topological polar surface area (TPSA) is 26.3 Å². The van der Waals surface area contributed by atoms with E-state index in [2.05, 4.69) is 26.8 Å². The standard InChI is InChI=1S/C15H22O2/c1-7-13(16)11-8-10(2)9-12(14(11)17-6)15(3,4)5/h8-9H,7H2,1-6H3. The average Bonchev–Trinajstić information content (AvgIpc) is 2.25. The first-order valence-electron chi connectivity index (χ1n) is 6.03. The van der Waals surface area contributed by atoms with Gasteiger partial charge in [0.2, 0.25) is 0 Å². The zero-order chi connectivity index (χ0) is 13.2. The minimum absolute atomic E-state index is 0.0276. The van der Waals surface area contributed by atoms with Gasteiger partial charge in [0.05, 0.1) is 12.7 Å². The lowest BCUT2D eigenvalue weighted by atomic mass is 9.83. The second-order valence-electron chi connectivity index (χ2n) is 5.42. The summed E-state index contributed by atoms with van der Waals surface area (Å²) < 4.78 is 5.46. The third-order valence-electron chi connectivity index (χ3n) is 2.87. The van der Waals surface area contributed by atoms with E-state index >= 15 is 0 Å². The molecule has 0 unspecified atom stereocenters. The van der Waals surface area contributed by atoms with Crippen LogP contribution in [0.25, 0.3) is 0 Å². The van der Waals surface area contributed by atoms with E-state index in [4.69, 9.17) is 4.74 Å². The largest absolute Gasteiger partial charge is 0.496 e. The van der Waals surface area contributed by atoms with Crippen LogP contribution in [0.5, 0.6) is 5.75 Å². The summed E-state index contributed by atoms with van der Waals surface area (Å²) in [5, 5.41) is 0. The fourth-order valence-electron chi connectivity index (χ4n) is 1.95. The highest BCUT2D eigenvalue weighted by Gasteiger charge is 2.23. The molecule has 17 heavy (non-hydrogen) atoms. The van der Waals surface area contributed by atoms with E-state index in [1.807, 2.05) is 19.9 Å². The molecule has 0 atom stereocenters. The first-order valence-corrected chi connectivity index (χ1v) is 6.03. The van der Waals surface area contributed by atoms with Gasteiger partial charge < -0.3 is 4.74 Å². The molecule has 1 rings (SSSR count). The second-order valence-corrected chi connectivity index (χ2v) is 5.42. The molecule has 0 aliphatic heterocycles. The maximum Gasteiger partial charge on any atom is 0.166 e. The van der Waals surface area contributed by atoms with Gasteiger partial charge in [-0.2, -0.15) is 0 Å². The van der Waals surface area contributed by atoms with Crippen LogP contribution in [0.4, 0.5) is 0 Å². The Morgan fingerprint density at radius 3 is 2.29 bits per heavy atom. The molecular formula is C15H22O2. The predicted molar refractivity (Wildman–Crippen MR) is 71.1 cm³/mol. The Balaban J connectivity index is 3.52. The minimum Gasteiger partial charge on any atom is -0.496 e. The highest BCUT2D eigenvalue weighted by molar-refractivity contribution is 5.99. The fourth-order valence-corrected chi connectivity index (χ4v) is 1.95. The predicted octanol–water partition coefficient (Wildman–Crippen LogP) is 3.89. The van der Waals surface area contributed by atoms with E-state index in [1.165, 1.54) is 0 Å². The summed E-state index contributed by atoms with van der Waals surface area (Å²) in [5.74, 6) is 0.867. The Hall–Kier alpha value is -1.31. The zero-order valence-corrected chi connectivity index (χ0v) is 11.7. The van der Waals surface area contributed by atoms with Crippen LogP contribution in [0.3, 0.4) is 0 Å². The Bertz CT molecular complexity index is 425. The van der Waals surface area contributed by atoms with E-state index in [0.717, 1.165) is 16.9 Å². The Kier molecular flexibility index (Phi) is 3.97. The SMILES string of the molecule is CCC(=O)c1cc(C)cc(C(C)(C)C)c1OC. The van der Waals surface area contributed by atoms with E-state index in [-0.39, 0.29) is 11.2 Å².